The minimum atomic E-state index is -4.42. The Morgan fingerprint density at radius 3 is 2.36 bits per heavy atom. The number of nitrogens with zero attached hydrogens (tertiary/aromatic N) is 4. The molecule has 1 aliphatic heterocycles. The Hall–Kier alpha value is -2.35. The molecule has 8 heteroatoms. The van der Waals surface area contributed by atoms with Gasteiger partial charge in [-0.05, 0) is 76.7 Å². The molecule has 2 aromatic rings. The van der Waals surface area contributed by atoms with Crippen LogP contribution >= 0.6 is 0 Å². The molecule has 3 fully saturated rings. The van der Waals surface area contributed by atoms with Gasteiger partial charge in [0.05, 0.1) is 28.2 Å². The van der Waals surface area contributed by atoms with E-state index < -0.39 is 11.7 Å². The average Bonchev–Trinajstić information content (AvgIpc) is 3.81. The molecule has 0 atom stereocenters. The number of rotatable bonds is 9. The van der Waals surface area contributed by atoms with Crippen LogP contribution in [0.2, 0.25) is 0 Å². The van der Waals surface area contributed by atoms with Crippen molar-refractivity contribution in [1.29, 1.82) is 0 Å². The predicted molar refractivity (Wildman–Crippen MR) is 134 cm³/mol. The van der Waals surface area contributed by atoms with E-state index in [2.05, 4.69) is 18.9 Å². The summed E-state index contributed by atoms with van der Waals surface area (Å²) in [5.41, 5.74) is 1.98. The van der Waals surface area contributed by atoms with Crippen molar-refractivity contribution in [2.75, 3.05) is 26.7 Å². The van der Waals surface area contributed by atoms with Gasteiger partial charge in [0.15, 0.2) is 0 Å². The lowest BCUT2D eigenvalue weighted by Gasteiger charge is -2.37. The molecule has 0 spiro atoms. The maximum Gasteiger partial charge on any atom is 0.416 e. The van der Waals surface area contributed by atoms with Crippen LogP contribution in [0.5, 0.6) is 0 Å². The van der Waals surface area contributed by atoms with E-state index in [1.165, 1.54) is 25.3 Å². The van der Waals surface area contributed by atoms with Crippen LogP contribution < -0.4 is 0 Å². The normalized spacial score (nSPS) is 19.3. The highest BCUT2D eigenvalue weighted by Gasteiger charge is 2.42. The third kappa shape index (κ3) is 5.34. The Morgan fingerprint density at radius 2 is 1.75 bits per heavy atom. The summed E-state index contributed by atoms with van der Waals surface area (Å²) < 4.78 is 41.9. The largest absolute Gasteiger partial charge is 0.416 e. The number of carbonyl (C=O) groups excluding carboxylic acids is 1. The van der Waals surface area contributed by atoms with Gasteiger partial charge in [0.2, 0.25) is 0 Å². The van der Waals surface area contributed by atoms with Gasteiger partial charge in [-0.3, -0.25) is 4.79 Å². The first-order valence-electron chi connectivity index (χ1n) is 13.6. The van der Waals surface area contributed by atoms with Gasteiger partial charge in [-0.15, -0.1) is 0 Å². The van der Waals surface area contributed by atoms with E-state index in [1.54, 1.807) is 10.7 Å². The lowest BCUT2D eigenvalue weighted by atomic mass is 10.00. The lowest BCUT2D eigenvalue weighted by molar-refractivity contribution is -0.137. The van der Waals surface area contributed by atoms with Gasteiger partial charge in [-0.25, -0.2) is 4.68 Å². The highest BCUT2D eigenvalue weighted by Crippen LogP contribution is 2.48. The predicted octanol–water partition coefficient (Wildman–Crippen LogP) is 6.37. The van der Waals surface area contributed by atoms with Gasteiger partial charge in [-0.1, -0.05) is 25.8 Å². The first-order chi connectivity index (χ1) is 17.3. The van der Waals surface area contributed by atoms with Crippen molar-refractivity contribution in [3.05, 3.63) is 46.8 Å². The molecule has 5 nitrogen and oxygen atoms in total. The van der Waals surface area contributed by atoms with Crippen molar-refractivity contribution in [2.24, 2.45) is 0 Å². The Kier molecular flexibility index (Phi) is 7.16. The Morgan fingerprint density at radius 1 is 1.06 bits per heavy atom. The lowest BCUT2D eigenvalue weighted by Crippen LogP contribution is -2.46. The van der Waals surface area contributed by atoms with Crippen LogP contribution in [0.4, 0.5) is 13.2 Å². The van der Waals surface area contributed by atoms with Crippen LogP contribution in [-0.4, -0.2) is 58.2 Å². The van der Waals surface area contributed by atoms with Crippen LogP contribution in [0.3, 0.4) is 0 Å². The van der Waals surface area contributed by atoms with Crippen LogP contribution in [0.25, 0.3) is 5.69 Å². The quantitative estimate of drug-likeness (QED) is 0.374. The van der Waals surface area contributed by atoms with E-state index in [-0.39, 0.29) is 17.7 Å². The van der Waals surface area contributed by atoms with Crippen LogP contribution in [0.15, 0.2) is 24.3 Å². The molecule has 1 saturated heterocycles. The second kappa shape index (κ2) is 10.2. The zero-order chi connectivity index (χ0) is 25.4. The summed E-state index contributed by atoms with van der Waals surface area (Å²) in [7, 11) is 2.19. The van der Waals surface area contributed by atoms with Crippen LogP contribution in [0.1, 0.15) is 104 Å². The van der Waals surface area contributed by atoms with E-state index in [1.807, 2.05) is 4.90 Å². The third-order valence-corrected chi connectivity index (χ3v) is 8.00. The summed E-state index contributed by atoms with van der Waals surface area (Å²) in [4.78, 5) is 18.3. The molecule has 196 valence electrons. The van der Waals surface area contributed by atoms with Crippen molar-refractivity contribution >= 4 is 5.91 Å². The van der Waals surface area contributed by atoms with Gasteiger partial charge >= 0.3 is 6.18 Å². The summed E-state index contributed by atoms with van der Waals surface area (Å²) in [5, 5.41) is 4.82. The van der Waals surface area contributed by atoms with Crippen molar-refractivity contribution in [3.63, 3.8) is 0 Å². The Balaban J connectivity index is 1.40. The summed E-state index contributed by atoms with van der Waals surface area (Å²) in [6, 6.07) is 5.82. The molecule has 0 radical (unpaired) electrons. The number of carbonyl (C=O) groups is 1. The minimum absolute atomic E-state index is 0.0177. The smallest absolute Gasteiger partial charge is 0.338 e. The van der Waals surface area contributed by atoms with E-state index in [0.717, 1.165) is 68.6 Å². The standard InChI is InChI=1S/C28H37F3N4O/c1-3-4-5-15-33(2)22-13-16-34(17-14-22)27(36)24-25(19-9-10-19)32-35(26(24)20-11-12-20)23-8-6-7-21(18-23)28(29,30)31/h6-8,18-20,22H,3-5,9-17H2,1-2H3. The molecule has 2 heterocycles. The molecular formula is C28H37F3N4O. The monoisotopic (exact) mass is 502 g/mol. The maximum atomic E-state index is 13.9. The number of hydrogen-bond acceptors (Lipinski definition) is 3. The second-order valence-electron chi connectivity index (χ2n) is 10.9. The van der Waals surface area contributed by atoms with Gasteiger partial charge < -0.3 is 9.80 Å². The van der Waals surface area contributed by atoms with Crippen molar-refractivity contribution < 1.29 is 18.0 Å². The summed E-state index contributed by atoms with van der Waals surface area (Å²) in [6.45, 7) is 4.73. The van der Waals surface area contributed by atoms with Gasteiger partial charge in [0, 0.05) is 31.0 Å². The Bertz CT molecular complexity index is 1080. The molecule has 5 rings (SSSR count). The molecule has 2 aliphatic carbocycles. The number of amides is 1. The molecule has 1 aromatic carbocycles. The second-order valence-corrected chi connectivity index (χ2v) is 10.9. The van der Waals surface area contributed by atoms with Crippen LogP contribution in [0, 0.1) is 0 Å². The number of piperidine rings is 1. The summed E-state index contributed by atoms with van der Waals surface area (Å²) in [5.74, 6) is 0.431. The molecule has 2 saturated carbocycles. The molecule has 1 aromatic heterocycles. The highest BCUT2D eigenvalue weighted by molar-refractivity contribution is 5.97. The van der Waals surface area contributed by atoms with Gasteiger partial charge in [0.1, 0.15) is 0 Å². The molecule has 0 unspecified atom stereocenters. The first-order valence-corrected chi connectivity index (χ1v) is 13.6. The number of aromatic nitrogens is 2. The van der Waals surface area contributed by atoms with Crippen molar-refractivity contribution in [1.82, 2.24) is 19.6 Å². The number of benzene rings is 1. The zero-order valence-electron chi connectivity index (χ0n) is 21.4. The molecule has 0 bridgehead atoms. The van der Waals surface area contributed by atoms with E-state index >= 15 is 0 Å². The fraction of sp³-hybridized carbons (Fsp3) is 0.643. The fourth-order valence-electron chi connectivity index (χ4n) is 5.52. The van der Waals surface area contributed by atoms with Crippen LogP contribution in [-0.2, 0) is 6.18 Å². The zero-order valence-corrected chi connectivity index (χ0v) is 21.4. The summed E-state index contributed by atoms with van der Waals surface area (Å²) in [6.07, 6.45) is 4.99. The molecule has 36 heavy (non-hydrogen) atoms. The fourth-order valence-corrected chi connectivity index (χ4v) is 5.52. The molecule has 3 aliphatic rings. The number of halogens is 3. The molecule has 1 amide bonds. The Labute approximate surface area is 211 Å². The SMILES string of the molecule is CCCCCN(C)C1CCN(C(=O)c2c(C3CC3)nn(-c3cccc(C(F)(F)F)c3)c2C2CC2)CC1. The van der Waals surface area contributed by atoms with Gasteiger partial charge in [0.25, 0.3) is 5.91 Å². The van der Waals surface area contributed by atoms with E-state index in [9.17, 15) is 18.0 Å². The molecular weight excluding hydrogens is 465 g/mol. The van der Waals surface area contributed by atoms with Crippen molar-refractivity contribution in [2.45, 2.75) is 88.8 Å². The van der Waals surface area contributed by atoms with Gasteiger partial charge in [-0.2, -0.15) is 18.3 Å². The molecule has 0 N–H and O–H groups in total. The minimum Gasteiger partial charge on any atom is -0.338 e. The highest BCUT2D eigenvalue weighted by atomic mass is 19.4. The summed E-state index contributed by atoms with van der Waals surface area (Å²) >= 11 is 0. The third-order valence-electron chi connectivity index (χ3n) is 8.00. The number of hydrogen-bond donors (Lipinski definition) is 0. The van der Waals surface area contributed by atoms with E-state index in [0.29, 0.717) is 30.4 Å². The number of unbranched alkanes of at least 4 members (excludes halogenated alkanes) is 2. The van der Waals surface area contributed by atoms with E-state index in [4.69, 9.17) is 5.10 Å². The first kappa shape index (κ1) is 25.3. The maximum absolute atomic E-state index is 13.9. The number of alkyl halides is 3. The average molecular weight is 503 g/mol. The van der Waals surface area contributed by atoms with Crippen molar-refractivity contribution in [3.8, 4) is 5.69 Å². The topological polar surface area (TPSA) is 41.4 Å². The number of likely N-dealkylation sites (tertiary alicyclic amines) is 1.